The number of aliphatic carboxylic acids is 1. The zero-order valence-corrected chi connectivity index (χ0v) is 23.6. The number of benzene rings is 3. The second-order valence-corrected chi connectivity index (χ2v) is 9.76. The van der Waals surface area contributed by atoms with Gasteiger partial charge < -0.3 is 14.9 Å². The highest BCUT2D eigenvalue weighted by atomic mass is 16.5. The van der Waals surface area contributed by atoms with Crippen molar-refractivity contribution in [2.24, 2.45) is 0 Å². The van der Waals surface area contributed by atoms with Gasteiger partial charge in [-0.15, -0.1) is 12.8 Å². The minimum absolute atomic E-state index is 0.0936. The van der Waals surface area contributed by atoms with E-state index in [0.29, 0.717) is 12.3 Å². The first-order chi connectivity index (χ1) is 18.6. The van der Waals surface area contributed by atoms with E-state index in [1.807, 2.05) is 63.2 Å². The van der Waals surface area contributed by atoms with Crippen molar-refractivity contribution in [2.45, 2.75) is 60.0 Å². The molecule has 0 unspecified atom stereocenters. The van der Waals surface area contributed by atoms with Gasteiger partial charge in [0, 0.05) is 35.0 Å². The minimum atomic E-state index is -0.886. The van der Waals surface area contributed by atoms with Crippen LogP contribution in [0, 0.1) is 19.8 Å². The van der Waals surface area contributed by atoms with Gasteiger partial charge in [-0.1, -0.05) is 26.0 Å². The highest BCUT2D eigenvalue weighted by molar-refractivity contribution is 6.10. The summed E-state index contributed by atoms with van der Waals surface area (Å²) in [6, 6.07) is 13.6. The van der Waals surface area contributed by atoms with Crippen LogP contribution in [0.2, 0.25) is 0 Å². The van der Waals surface area contributed by atoms with Gasteiger partial charge in [-0.05, 0) is 79.6 Å². The Balaban J connectivity index is 0.000000527. The molecule has 4 aromatic rings. The van der Waals surface area contributed by atoms with Gasteiger partial charge in [-0.2, -0.15) is 5.48 Å². The maximum absolute atomic E-state index is 11.7. The number of nitrogens with zero attached hydrogens (tertiary/aromatic N) is 1. The van der Waals surface area contributed by atoms with E-state index in [1.54, 1.807) is 27.0 Å². The maximum Gasteiger partial charge on any atom is 0.307 e. The van der Waals surface area contributed by atoms with Crippen LogP contribution in [-0.4, -0.2) is 38.6 Å². The lowest BCUT2D eigenvalue weighted by atomic mass is 9.86. The van der Waals surface area contributed by atoms with Crippen LogP contribution in [0.1, 0.15) is 51.3 Å². The van der Waals surface area contributed by atoms with E-state index < -0.39 is 11.6 Å². The average molecular weight is 532 g/mol. The Labute approximate surface area is 230 Å². The van der Waals surface area contributed by atoms with Gasteiger partial charge >= 0.3 is 5.97 Å². The first-order valence-corrected chi connectivity index (χ1v) is 12.9. The highest BCUT2D eigenvalue weighted by Crippen LogP contribution is 2.43. The molecule has 7 heteroatoms. The zero-order valence-electron chi connectivity index (χ0n) is 23.6. The molecule has 39 heavy (non-hydrogen) atoms. The summed E-state index contributed by atoms with van der Waals surface area (Å²) in [7, 11) is 0. The Morgan fingerprint density at radius 1 is 1.10 bits per heavy atom. The number of aliphatic hydroxyl groups is 1. The molecule has 0 fully saturated rings. The van der Waals surface area contributed by atoms with Crippen molar-refractivity contribution in [3.63, 3.8) is 0 Å². The third kappa shape index (κ3) is 7.33. The quantitative estimate of drug-likeness (QED) is 0.156. The molecule has 206 valence electrons. The van der Waals surface area contributed by atoms with E-state index in [4.69, 9.17) is 9.84 Å². The Hall–Kier alpha value is -3.96. The lowest BCUT2D eigenvalue weighted by Gasteiger charge is -2.21. The predicted molar refractivity (Wildman–Crippen MR) is 157 cm³/mol. The van der Waals surface area contributed by atoms with Crippen LogP contribution >= 0.6 is 0 Å². The SMILES string of the molecule is C#C.CC.CC(C)(C)O.Cc1cc2c([NH2+]O)cccc2c(-c2ccc3c4c(ccnc24)CCO3)c1CC(=O)O. The predicted octanol–water partition coefficient (Wildman–Crippen LogP) is 5.56. The Morgan fingerprint density at radius 2 is 1.77 bits per heavy atom. The van der Waals surface area contributed by atoms with E-state index >= 15 is 0 Å². The third-order valence-electron chi connectivity index (χ3n) is 5.85. The van der Waals surface area contributed by atoms with Crippen molar-refractivity contribution in [3.8, 4) is 29.7 Å². The second kappa shape index (κ2) is 13.7. The van der Waals surface area contributed by atoms with Gasteiger partial charge in [-0.25, -0.2) is 5.21 Å². The van der Waals surface area contributed by atoms with Gasteiger partial charge in [-0.3, -0.25) is 9.78 Å². The van der Waals surface area contributed by atoms with E-state index in [2.05, 4.69) is 17.8 Å². The van der Waals surface area contributed by atoms with Crippen molar-refractivity contribution in [1.29, 1.82) is 0 Å². The molecule has 0 saturated carbocycles. The van der Waals surface area contributed by atoms with Gasteiger partial charge in [0.15, 0.2) is 5.69 Å². The van der Waals surface area contributed by atoms with Crippen molar-refractivity contribution < 1.29 is 30.4 Å². The smallest absolute Gasteiger partial charge is 0.307 e. The standard InChI is InChI=1S/C24H20N2O4.C4H10O.C2H6.C2H2/c1-13-11-18-15(3-2-4-19(18)26-29)23(17(13)12-21(27)28)16-5-6-20-22-14(8-10-30-20)7-9-25-24(16)22;1-4(2,3)5;2*1-2/h2-7,9,11,26,29H,8,10,12H2,1H3,(H,27,28);5H,1-3H3;1-2H3;1-2H/p+1. The van der Waals surface area contributed by atoms with Crippen LogP contribution in [0.4, 0.5) is 5.69 Å². The molecule has 0 bridgehead atoms. The number of hydrogen-bond donors (Lipinski definition) is 4. The molecule has 0 spiro atoms. The molecule has 5 N–H and O–H groups in total. The topological polar surface area (TPSA) is 116 Å². The van der Waals surface area contributed by atoms with Gasteiger partial charge in [0.2, 0.25) is 0 Å². The molecular weight excluding hydrogens is 492 g/mol. The van der Waals surface area contributed by atoms with Crippen LogP contribution in [-0.2, 0) is 17.6 Å². The molecule has 3 aromatic carbocycles. The van der Waals surface area contributed by atoms with Crippen molar-refractivity contribution in [2.75, 3.05) is 6.61 Å². The number of pyridine rings is 1. The van der Waals surface area contributed by atoms with Gasteiger partial charge in [0.05, 0.1) is 24.1 Å². The number of carboxylic acids is 1. The summed E-state index contributed by atoms with van der Waals surface area (Å²) in [4.78, 5) is 16.4. The van der Waals surface area contributed by atoms with E-state index in [-0.39, 0.29) is 6.42 Å². The summed E-state index contributed by atoms with van der Waals surface area (Å²) in [6.45, 7) is 11.8. The number of rotatable bonds is 4. The van der Waals surface area contributed by atoms with E-state index in [0.717, 1.165) is 61.6 Å². The van der Waals surface area contributed by atoms with Crippen molar-refractivity contribution in [1.82, 2.24) is 4.98 Å². The van der Waals surface area contributed by atoms with E-state index in [9.17, 15) is 15.1 Å². The number of aromatic nitrogens is 1. The molecule has 0 atom stereocenters. The number of carbonyl (C=O) groups is 1. The second-order valence-electron chi connectivity index (χ2n) is 9.76. The first-order valence-electron chi connectivity index (χ1n) is 12.9. The molecule has 0 amide bonds. The van der Waals surface area contributed by atoms with Crippen LogP contribution in [0.25, 0.3) is 32.8 Å². The summed E-state index contributed by atoms with van der Waals surface area (Å²) in [5.74, 6) is -0.0770. The monoisotopic (exact) mass is 531 g/mol. The molecule has 0 aliphatic carbocycles. The number of carboxylic acid groups (broad SMARTS) is 1. The van der Waals surface area contributed by atoms with Crippen molar-refractivity contribution >= 4 is 33.3 Å². The summed E-state index contributed by atoms with van der Waals surface area (Å²) < 4.78 is 5.86. The fourth-order valence-corrected chi connectivity index (χ4v) is 4.53. The Bertz CT molecular complexity index is 1450. The average Bonchev–Trinajstić information content (AvgIpc) is 2.91. The Morgan fingerprint density at radius 3 is 2.38 bits per heavy atom. The summed E-state index contributed by atoms with van der Waals surface area (Å²) in [6.07, 6.45) is 10.5. The first kappa shape index (κ1) is 31.3. The van der Waals surface area contributed by atoms with Crippen LogP contribution in [0.5, 0.6) is 5.75 Å². The fraction of sp³-hybridized carbons (Fsp3) is 0.312. The maximum atomic E-state index is 11.7. The highest BCUT2D eigenvalue weighted by Gasteiger charge is 2.23. The largest absolute Gasteiger partial charge is 0.493 e. The molecule has 1 aromatic heterocycles. The Kier molecular flexibility index (Phi) is 11.0. The number of terminal acetylenes is 1. The number of fused-ring (bicyclic) bond motifs is 1. The normalized spacial score (nSPS) is 11.6. The fourth-order valence-electron chi connectivity index (χ4n) is 4.53. The van der Waals surface area contributed by atoms with Crippen LogP contribution in [0.15, 0.2) is 48.7 Å². The van der Waals surface area contributed by atoms with Gasteiger partial charge in [0.25, 0.3) is 0 Å². The van der Waals surface area contributed by atoms with E-state index in [1.165, 1.54) is 5.56 Å². The lowest BCUT2D eigenvalue weighted by molar-refractivity contribution is -0.824. The number of ether oxygens (including phenoxy) is 1. The zero-order chi connectivity index (χ0) is 29.3. The summed E-state index contributed by atoms with van der Waals surface area (Å²) in [5, 5.41) is 30.6. The number of nitrogens with two attached hydrogens (primary N) is 1. The molecule has 7 nitrogen and oxygen atoms in total. The van der Waals surface area contributed by atoms with Crippen LogP contribution < -0.4 is 10.2 Å². The molecular formula is C32H39N2O5+. The number of hydrogen-bond acceptors (Lipinski definition) is 5. The molecule has 0 saturated heterocycles. The third-order valence-corrected chi connectivity index (χ3v) is 5.85. The molecule has 1 aliphatic heterocycles. The lowest BCUT2D eigenvalue weighted by Crippen LogP contribution is -2.73. The minimum Gasteiger partial charge on any atom is -0.493 e. The summed E-state index contributed by atoms with van der Waals surface area (Å²) in [5.41, 5.74) is 6.62. The van der Waals surface area contributed by atoms with Crippen LogP contribution in [0.3, 0.4) is 0 Å². The molecule has 2 heterocycles. The number of quaternary nitrogens is 1. The van der Waals surface area contributed by atoms with Crippen molar-refractivity contribution in [3.05, 3.63) is 65.4 Å². The molecule has 5 rings (SSSR count). The summed E-state index contributed by atoms with van der Waals surface area (Å²) >= 11 is 0. The molecule has 0 radical (unpaired) electrons. The molecule has 1 aliphatic rings. The number of aryl methyl sites for hydroxylation is 1. The van der Waals surface area contributed by atoms with Gasteiger partial charge in [0.1, 0.15) is 5.75 Å².